The fraction of sp³-hybridized carbons (Fsp3) is 0.0500. The molecule has 2 amide bonds. The first-order chi connectivity index (χ1) is 13.1. The molecule has 1 saturated heterocycles. The third-order valence-electron chi connectivity index (χ3n) is 4.21. The molecular formula is C20H14N2O5. The van der Waals surface area contributed by atoms with E-state index in [4.69, 9.17) is 9.15 Å². The summed E-state index contributed by atoms with van der Waals surface area (Å²) in [5, 5.41) is 1.44. The number of para-hydroxylation sites is 1. The second kappa shape index (κ2) is 6.45. The molecule has 1 aromatic heterocycles. The predicted octanol–water partition coefficient (Wildman–Crippen LogP) is 2.26. The number of hydrazine groups is 1. The van der Waals surface area contributed by atoms with Crippen LogP contribution < -0.4 is 20.6 Å². The number of rotatable bonds is 3. The molecule has 1 aliphatic heterocycles. The van der Waals surface area contributed by atoms with Crippen molar-refractivity contribution in [3.8, 4) is 5.75 Å². The Morgan fingerprint density at radius 1 is 1.07 bits per heavy atom. The lowest BCUT2D eigenvalue weighted by Crippen LogP contribution is -2.35. The van der Waals surface area contributed by atoms with Crippen LogP contribution in [0.1, 0.15) is 5.56 Å². The highest BCUT2D eigenvalue weighted by Gasteiger charge is 2.34. The summed E-state index contributed by atoms with van der Waals surface area (Å²) in [5.41, 5.74) is 2.99. The maximum absolute atomic E-state index is 12.7. The molecule has 1 aliphatic rings. The van der Waals surface area contributed by atoms with E-state index in [0.717, 1.165) is 5.01 Å². The summed E-state index contributed by atoms with van der Waals surface area (Å²) in [4.78, 5) is 37.6. The van der Waals surface area contributed by atoms with Gasteiger partial charge in [0.05, 0.1) is 23.7 Å². The standard InChI is InChI=1S/C20H14N2O5/c1-26-14-7-8-17-15(10-14)18(23)12(11-27-17)9-16-19(24)21-22(20(16)25)13-5-3-2-4-6-13/h2-11H,1H3,(H,21,24)/b16-9-. The third-order valence-corrected chi connectivity index (χ3v) is 4.21. The van der Waals surface area contributed by atoms with Crippen molar-refractivity contribution in [2.45, 2.75) is 0 Å². The smallest absolute Gasteiger partial charge is 0.282 e. The summed E-state index contributed by atoms with van der Waals surface area (Å²) in [5.74, 6) is -0.630. The number of ether oxygens (including phenoxy) is 1. The second-order valence-electron chi connectivity index (χ2n) is 5.86. The fourth-order valence-electron chi connectivity index (χ4n) is 2.82. The van der Waals surface area contributed by atoms with Gasteiger partial charge in [-0.3, -0.25) is 19.8 Å². The van der Waals surface area contributed by atoms with Gasteiger partial charge in [-0.15, -0.1) is 0 Å². The molecule has 2 heterocycles. The van der Waals surface area contributed by atoms with Crippen molar-refractivity contribution in [3.63, 3.8) is 0 Å². The van der Waals surface area contributed by atoms with Gasteiger partial charge in [-0.25, -0.2) is 5.01 Å². The average Bonchev–Trinajstić information content (AvgIpc) is 2.98. The molecule has 4 rings (SSSR count). The van der Waals surface area contributed by atoms with Crippen molar-refractivity contribution < 1.29 is 18.7 Å². The van der Waals surface area contributed by atoms with Crippen molar-refractivity contribution in [2.75, 3.05) is 12.1 Å². The highest BCUT2D eigenvalue weighted by Crippen LogP contribution is 2.22. The van der Waals surface area contributed by atoms with E-state index >= 15 is 0 Å². The van der Waals surface area contributed by atoms with Crippen molar-refractivity contribution in [2.24, 2.45) is 0 Å². The molecule has 0 atom stereocenters. The van der Waals surface area contributed by atoms with Crippen LogP contribution in [-0.4, -0.2) is 18.9 Å². The molecule has 0 saturated carbocycles. The first-order valence-corrected chi connectivity index (χ1v) is 8.10. The van der Waals surface area contributed by atoms with Gasteiger partial charge >= 0.3 is 0 Å². The zero-order valence-corrected chi connectivity index (χ0v) is 14.3. The van der Waals surface area contributed by atoms with Gasteiger partial charge in [-0.1, -0.05) is 18.2 Å². The number of fused-ring (bicyclic) bond motifs is 1. The molecule has 0 radical (unpaired) electrons. The van der Waals surface area contributed by atoms with E-state index in [2.05, 4.69) is 5.43 Å². The van der Waals surface area contributed by atoms with Crippen LogP contribution in [0.25, 0.3) is 17.0 Å². The largest absolute Gasteiger partial charge is 0.497 e. The van der Waals surface area contributed by atoms with E-state index in [1.807, 2.05) is 0 Å². The van der Waals surface area contributed by atoms with Crippen molar-refractivity contribution in [1.82, 2.24) is 5.43 Å². The summed E-state index contributed by atoms with van der Waals surface area (Å²) in [7, 11) is 1.49. The van der Waals surface area contributed by atoms with Crippen molar-refractivity contribution in [1.29, 1.82) is 0 Å². The summed E-state index contributed by atoms with van der Waals surface area (Å²) in [6.07, 6.45) is 2.47. The van der Waals surface area contributed by atoms with Crippen LogP contribution in [0.15, 0.2) is 69.6 Å². The molecule has 0 bridgehead atoms. The minimum absolute atomic E-state index is 0.101. The number of nitrogens with zero attached hydrogens (tertiary/aromatic N) is 1. The molecule has 7 nitrogen and oxygen atoms in total. The number of carbonyl (C=O) groups is 2. The summed E-state index contributed by atoms with van der Waals surface area (Å²) < 4.78 is 10.6. The maximum atomic E-state index is 12.7. The number of amides is 2. The number of nitrogens with one attached hydrogen (secondary N) is 1. The van der Waals surface area contributed by atoms with Crippen molar-refractivity contribution in [3.05, 3.63) is 76.2 Å². The van der Waals surface area contributed by atoms with Gasteiger partial charge in [-0.2, -0.15) is 0 Å². The molecule has 0 unspecified atom stereocenters. The summed E-state index contributed by atoms with van der Waals surface area (Å²) in [6, 6.07) is 13.5. The SMILES string of the molecule is COc1ccc2occ(/C=C3/C(=O)NN(c4ccccc4)C3=O)c(=O)c2c1. The Hall–Kier alpha value is -3.87. The van der Waals surface area contributed by atoms with Crippen LogP contribution in [0, 0.1) is 0 Å². The normalized spacial score (nSPS) is 15.4. The van der Waals surface area contributed by atoms with Crippen molar-refractivity contribution >= 4 is 34.5 Å². The monoisotopic (exact) mass is 362 g/mol. The topological polar surface area (TPSA) is 88.8 Å². The number of hydrogen-bond acceptors (Lipinski definition) is 5. The first-order valence-electron chi connectivity index (χ1n) is 8.10. The minimum atomic E-state index is -0.589. The Bertz CT molecular complexity index is 1150. The van der Waals surface area contributed by atoms with Crippen LogP contribution in [0.2, 0.25) is 0 Å². The predicted molar refractivity (Wildman–Crippen MR) is 99.1 cm³/mol. The van der Waals surface area contributed by atoms with Crippen LogP contribution in [0.4, 0.5) is 5.69 Å². The Kier molecular flexibility index (Phi) is 3.97. The Morgan fingerprint density at radius 3 is 2.59 bits per heavy atom. The quantitative estimate of drug-likeness (QED) is 0.570. The lowest BCUT2D eigenvalue weighted by molar-refractivity contribution is -0.117. The van der Waals surface area contributed by atoms with Crippen LogP contribution >= 0.6 is 0 Å². The molecular weight excluding hydrogens is 348 g/mol. The van der Waals surface area contributed by atoms with Crippen LogP contribution in [0.5, 0.6) is 5.75 Å². The van der Waals surface area contributed by atoms with Gasteiger partial charge in [-0.05, 0) is 36.4 Å². The molecule has 7 heteroatoms. The molecule has 3 aromatic rings. The van der Waals surface area contributed by atoms with Crippen LogP contribution in [-0.2, 0) is 9.59 Å². The zero-order valence-electron chi connectivity index (χ0n) is 14.3. The maximum Gasteiger partial charge on any atom is 0.282 e. The number of benzene rings is 2. The molecule has 2 aromatic carbocycles. The fourth-order valence-corrected chi connectivity index (χ4v) is 2.82. The van der Waals surface area contributed by atoms with E-state index in [1.165, 1.54) is 19.4 Å². The highest BCUT2D eigenvalue weighted by molar-refractivity contribution is 6.31. The molecule has 27 heavy (non-hydrogen) atoms. The van der Waals surface area contributed by atoms with Gasteiger partial charge < -0.3 is 9.15 Å². The molecule has 1 N–H and O–H groups in total. The van der Waals surface area contributed by atoms with Crippen LogP contribution in [0.3, 0.4) is 0 Å². The number of hydrogen-bond donors (Lipinski definition) is 1. The lowest BCUT2D eigenvalue weighted by atomic mass is 10.1. The van der Waals surface area contributed by atoms with Gasteiger partial charge in [0.25, 0.3) is 11.8 Å². The van der Waals surface area contributed by atoms with Gasteiger partial charge in [0.2, 0.25) is 0 Å². The number of methoxy groups -OCH3 is 1. The molecule has 1 fully saturated rings. The average molecular weight is 362 g/mol. The zero-order chi connectivity index (χ0) is 19.0. The summed E-state index contributed by atoms with van der Waals surface area (Å²) in [6.45, 7) is 0. The van der Waals surface area contributed by atoms with Gasteiger partial charge in [0.15, 0.2) is 5.43 Å². The Morgan fingerprint density at radius 2 is 1.85 bits per heavy atom. The van der Waals surface area contributed by atoms with E-state index in [1.54, 1.807) is 48.5 Å². The Balaban J connectivity index is 1.77. The Labute approximate surface area is 153 Å². The molecule has 0 spiro atoms. The van der Waals surface area contributed by atoms with Gasteiger partial charge in [0.1, 0.15) is 23.2 Å². The van der Waals surface area contributed by atoms with E-state index < -0.39 is 11.8 Å². The van der Waals surface area contributed by atoms with Gasteiger partial charge in [0, 0.05) is 0 Å². The second-order valence-corrected chi connectivity index (χ2v) is 5.86. The number of carbonyl (C=O) groups excluding carboxylic acids is 2. The van der Waals surface area contributed by atoms with E-state index in [0.29, 0.717) is 22.4 Å². The lowest BCUT2D eigenvalue weighted by Gasteiger charge is -2.13. The third kappa shape index (κ3) is 2.85. The highest BCUT2D eigenvalue weighted by atomic mass is 16.5. The summed E-state index contributed by atoms with van der Waals surface area (Å²) >= 11 is 0. The minimum Gasteiger partial charge on any atom is -0.497 e. The number of anilines is 1. The van der Waals surface area contributed by atoms with E-state index in [9.17, 15) is 14.4 Å². The molecule has 134 valence electrons. The molecule has 0 aliphatic carbocycles. The van der Waals surface area contributed by atoms with E-state index in [-0.39, 0.29) is 16.6 Å². The first kappa shape index (κ1) is 16.6.